The van der Waals surface area contributed by atoms with Crippen LogP contribution in [0.25, 0.3) is 5.65 Å². The molecular formula is C17H23N5O4S. The number of hydrogen-bond acceptors (Lipinski definition) is 7. The predicted octanol–water partition coefficient (Wildman–Crippen LogP) is 0.638. The summed E-state index contributed by atoms with van der Waals surface area (Å²) in [7, 11) is -2.98. The van der Waals surface area contributed by atoms with Gasteiger partial charge in [-0.05, 0) is 30.9 Å². The molecule has 2 aliphatic heterocycles. The van der Waals surface area contributed by atoms with Gasteiger partial charge in [-0.25, -0.2) is 12.9 Å². The number of carbonyl (C=O) groups excluding carboxylic acids is 1. The molecule has 1 atom stereocenters. The summed E-state index contributed by atoms with van der Waals surface area (Å²) in [5, 5.41) is 7.04. The lowest BCUT2D eigenvalue weighted by atomic mass is 10.1. The maximum Gasteiger partial charge on any atom is 0.249 e. The first-order valence-corrected chi connectivity index (χ1v) is 10.9. The van der Waals surface area contributed by atoms with Crippen LogP contribution in [0.15, 0.2) is 12.3 Å². The first kappa shape index (κ1) is 18.2. The molecule has 146 valence electrons. The zero-order valence-electron chi connectivity index (χ0n) is 15.2. The Hall–Kier alpha value is -2.20. The molecule has 2 aliphatic rings. The molecule has 2 aromatic heterocycles. The molecule has 4 heterocycles. The van der Waals surface area contributed by atoms with Crippen molar-refractivity contribution in [3.05, 3.63) is 17.8 Å². The van der Waals surface area contributed by atoms with Crippen molar-refractivity contribution in [1.29, 1.82) is 0 Å². The van der Waals surface area contributed by atoms with Crippen LogP contribution in [-0.4, -0.2) is 66.7 Å². The second kappa shape index (κ2) is 7.08. The van der Waals surface area contributed by atoms with Crippen LogP contribution >= 0.6 is 0 Å². The molecule has 1 N–H and O–H groups in total. The molecule has 27 heavy (non-hydrogen) atoms. The molecule has 9 nitrogen and oxygen atoms in total. The Kier molecular flexibility index (Phi) is 4.77. The summed E-state index contributed by atoms with van der Waals surface area (Å²) in [6, 6.07) is 1.94. The average Bonchev–Trinajstić information content (AvgIpc) is 3.16. The van der Waals surface area contributed by atoms with Crippen LogP contribution in [0.5, 0.6) is 0 Å². The van der Waals surface area contributed by atoms with Crippen molar-refractivity contribution in [3.63, 3.8) is 0 Å². The Balaban J connectivity index is 1.47. The predicted molar refractivity (Wildman–Crippen MR) is 101 cm³/mol. The molecule has 2 aromatic rings. The fourth-order valence-corrected chi connectivity index (χ4v) is 5.54. The van der Waals surface area contributed by atoms with Crippen LogP contribution < -0.4 is 10.2 Å². The van der Waals surface area contributed by atoms with Gasteiger partial charge in [0.1, 0.15) is 0 Å². The summed E-state index contributed by atoms with van der Waals surface area (Å²) in [6.45, 7) is 5.09. The van der Waals surface area contributed by atoms with E-state index in [1.807, 2.05) is 19.2 Å². The van der Waals surface area contributed by atoms with E-state index in [0.717, 1.165) is 24.3 Å². The van der Waals surface area contributed by atoms with Gasteiger partial charge in [-0.15, -0.1) is 5.10 Å². The van der Waals surface area contributed by atoms with E-state index in [2.05, 4.69) is 20.3 Å². The minimum absolute atomic E-state index is 0.0844. The molecule has 0 bridgehead atoms. The Morgan fingerprint density at radius 2 is 2.15 bits per heavy atom. The van der Waals surface area contributed by atoms with Gasteiger partial charge in [0.15, 0.2) is 15.5 Å². The van der Waals surface area contributed by atoms with Gasteiger partial charge in [0.2, 0.25) is 11.9 Å². The quantitative estimate of drug-likeness (QED) is 0.812. The van der Waals surface area contributed by atoms with Crippen LogP contribution in [0.3, 0.4) is 0 Å². The third-order valence-corrected chi connectivity index (χ3v) is 6.89. The minimum Gasteiger partial charge on any atom is -0.378 e. The number of carbonyl (C=O) groups is 1. The molecule has 2 fully saturated rings. The minimum atomic E-state index is -2.98. The van der Waals surface area contributed by atoms with E-state index in [-0.39, 0.29) is 35.7 Å². The molecule has 0 aliphatic carbocycles. The number of anilines is 2. The highest BCUT2D eigenvalue weighted by atomic mass is 32.2. The largest absolute Gasteiger partial charge is 0.378 e. The number of nitrogens with zero attached hydrogens (tertiary/aromatic N) is 4. The normalized spacial score (nSPS) is 22.3. The number of hydrogen-bond donors (Lipinski definition) is 1. The third kappa shape index (κ3) is 4.06. The summed E-state index contributed by atoms with van der Waals surface area (Å²) < 4.78 is 30.1. The van der Waals surface area contributed by atoms with Crippen molar-refractivity contribution in [2.45, 2.75) is 19.8 Å². The summed E-state index contributed by atoms with van der Waals surface area (Å²) in [5.74, 6) is 0.113. The van der Waals surface area contributed by atoms with Gasteiger partial charge in [0.05, 0.1) is 36.6 Å². The highest BCUT2D eigenvalue weighted by Gasteiger charge is 2.29. The number of aromatic nitrogens is 3. The lowest BCUT2D eigenvalue weighted by molar-refractivity contribution is -0.116. The number of nitrogens with one attached hydrogen (secondary N) is 1. The molecule has 4 rings (SSSR count). The first-order valence-electron chi connectivity index (χ1n) is 9.10. The van der Waals surface area contributed by atoms with Gasteiger partial charge in [-0.2, -0.15) is 4.98 Å². The summed E-state index contributed by atoms with van der Waals surface area (Å²) in [5.41, 5.74) is 2.82. The maximum absolute atomic E-state index is 12.2. The van der Waals surface area contributed by atoms with Gasteiger partial charge in [0, 0.05) is 19.5 Å². The molecule has 2 saturated heterocycles. The van der Waals surface area contributed by atoms with Crippen molar-refractivity contribution < 1.29 is 17.9 Å². The van der Waals surface area contributed by atoms with Crippen molar-refractivity contribution in [1.82, 2.24) is 14.6 Å². The molecule has 0 radical (unpaired) electrons. The van der Waals surface area contributed by atoms with E-state index in [1.165, 1.54) is 0 Å². The molecule has 0 saturated carbocycles. The fourth-order valence-electron chi connectivity index (χ4n) is 3.67. The Bertz CT molecular complexity index is 965. The van der Waals surface area contributed by atoms with Crippen LogP contribution in [0.1, 0.15) is 18.4 Å². The van der Waals surface area contributed by atoms with Gasteiger partial charge in [-0.3, -0.25) is 10.1 Å². The Labute approximate surface area is 157 Å². The zero-order valence-corrected chi connectivity index (χ0v) is 16.0. The van der Waals surface area contributed by atoms with E-state index in [1.54, 1.807) is 4.52 Å². The number of aryl methyl sites for hydroxylation is 1. The molecule has 1 amide bonds. The van der Waals surface area contributed by atoms with Crippen molar-refractivity contribution in [2.75, 3.05) is 48.0 Å². The summed E-state index contributed by atoms with van der Waals surface area (Å²) >= 11 is 0. The topological polar surface area (TPSA) is 106 Å². The molecule has 0 spiro atoms. The van der Waals surface area contributed by atoms with Crippen molar-refractivity contribution in [2.24, 2.45) is 5.92 Å². The monoisotopic (exact) mass is 393 g/mol. The van der Waals surface area contributed by atoms with Crippen LogP contribution in [0, 0.1) is 12.8 Å². The van der Waals surface area contributed by atoms with Crippen LogP contribution in [-0.2, 0) is 19.4 Å². The highest BCUT2D eigenvalue weighted by molar-refractivity contribution is 7.91. The fraction of sp³-hybridized carbons (Fsp3) is 0.588. The lowest BCUT2D eigenvalue weighted by Crippen LogP contribution is -2.36. The van der Waals surface area contributed by atoms with E-state index >= 15 is 0 Å². The van der Waals surface area contributed by atoms with Gasteiger partial charge >= 0.3 is 0 Å². The average molecular weight is 393 g/mol. The first-order chi connectivity index (χ1) is 12.9. The highest BCUT2D eigenvalue weighted by Crippen LogP contribution is 2.24. The Morgan fingerprint density at radius 1 is 1.37 bits per heavy atom. The number of fused-ring (bicyclic) bond motifs is 1. The Morgan fingerprint density at radius 3 is 2.85 bits per heavy atom. The number of morpholine rings is 1. The van der Waals surface area contributed by atoms with Crippen molar-refractivity contribution >= 4 is 33.0 Å². The molecular weight excluding hydrogens is 370 g/mol. The van der Waals surface area contributed by atoms with Crippen molar-refractivity contribution in [3.8, 4) is 0 Å². The zero-order chi connectivity index (χ0) is 19.0. The second-order valence-corrected chi connectivity index (χ2v) is 9.43. The standard InChI is InChI=1S/C17H23N5O4S/c1-12-8-15-18-17(19-16(23)9-13-2-7-27(24,25)11-13)20-22(15)10-14(12)21-3-5-26-6-4-21/h8,10,13H,2-7,9,11H2,1H3,(H,19,20,23). The maximum atomic E-state index is 12.2. The van der Waals surface area contributed by atoms with E-state index in [0.29, 0.717) is 25.3 Å². The molecule has 1 unspecified atom stereocenters. The van der Waals surface area contributed by atoms with Crippen LogP contribution in [0.2, 0.25) is 0 Å². The number of ether oxygens (including phenoxy) is 1. The van der Waals surface area contributed by atoms with E-state index in [9.17, 15) is 13.2 Å². The van der Waals surface area contributed by atoms with E-state index < -0.39 is 9.84 Å². The molecule has 0 aromatic carbocycles. The number of amides is 1. The van der Waals surface area contributed by atoms with Gasteiger partial charge < -0.3 is 9.64 Å². The third-order valence-electron chi connectivity index (χ3n) is 5.06. The SMILES string of the molecule is Cc1cc2nc(NC(=O)CC3CCS(=O)(=O)C3)nn2cc1N1CCOCC1. The summed E-state index contributed by atoms with van der Waals surface area (Å²) in [4.78, 5) is 18.8. The second-order valence-electron chi connectivity index (χ2n) is 7.20. The number of pyridine rings is 1. The smallest absolute Gasteiger partial charge is 0.249 e. The lowest BCUT2D eigenvalue weighted by Gasteiger charge is -2.29. The van der Waals surface area contributed by atoms with E-state index in [4.69, 9.17) is 4.74 Å². The van der Waals surface area contributed by atoms with Crippen LogP contribution in [0.4, 0.5) is 11.6 Å². The number of rotatable bonds is 4. The number of sulfone groups is 1. The summed E-state index contributed by atoms with van der Waals surface area (Å²) in [6.07, 6.45) is 2.63. The molecule has 10 heteroatoms. The van der Waals surface area contributed by atoms with Gasteiger partial charge in [-0.1, -0.05) is 0 Å². The van der Waals surface area contributed by atoms with Gasteiger partial charge in [0.25, 0.3) is 0 Å².